The van der Waals surface area contributed by atoms with Gasteiger partial charge in [0, 0.05) is 26.7 Å². The maximum Gasteiger partial charge on any atom is 0.320 e. The number of benzene rings is 2. The van der Waals surface area contributed by atoms with Crippen LogP contribution in [0.5, 0.6) is 0 Å². The molecule has 6 heteroatoms. The van der Waals surface area contributed by atoms with Crippen LogP contribution >= 0.6 is 0 Å². The zero-order valence-electron chi connectivity index (χ0n) is 20.7. The fraction of sp³-hybridized carbons (Fsp3) is 0.517. The van der Waals surface area contributed by atoms with Crippen LogP contribution in [0.1, 0.15) is 49.7 Å². The summed E-state index contributed by atoms with van der Waals surface area (Å²) in [6, 6.07) is 17.3. The standard InChI is InChI=1S/C29H37N3O3/c1-31-16-6-2-3-10-22-11-4-5-13-24(22)23-12-7-9-21(19-23)20-26-25(15-17-32(26)29(31)34)30-28(33)27-14-8-18-35-27/h4-5,7,9,11-13,19,25-27H,2-3,6,8,10,14-18,20H2,1H3,(H,30,33). The second-order valence-corrected chi connectivity index (χ2v) is 10.2. The van der Waals surface area contributed by atoms with Gasteiger partial charge >= 0.3 is 6.03 Å². The van der Waals surface area contributed by atoms with Crippen LogP contribution in [0.15, 0.2) is 48.5 Å². The molecule has 0 saturated carbocycles. The van der Waals surface area contributed by atoms with E-state index in [9.17, 15) is 9.59 Å². The number of carbonyl (C=O) groups excluding carboxylic acids is 2. The maximum atomic E-state index is 13.5. The van der Waals surface area contributed by atoms with Gasteiger partial charge in [-0.25, -0.2) is 4.79 Å². The number of urea groups is 1. The summed E-state index contributed by atoms with van der Waals surface area (Å²) in [6.07, 6.45) is 7.07. The molecule has 3 amide bonds. The van der Waals surface area contributed by atoms with Gasteiger partial charge in [-0.2, -0.15) is 0 Å². The molecule has 0 radical (unpaired) electrons. The van der Waals surface area contributed by atoms with E-state index in [2.05, 4.69) is 53.8 Å². The number of aryl methyl sites for hydroxylation is 1. The Hall–Kier alpha value is -2.86. The zero-order valence-corrected chi connectivity index (χ0v) is 20.7. The van der Waals surface area contributed by atoms with Crippen molar-refractivity contribution < 1.29 is 14.3 Å². The summed E-state index contributed by atoms with van der Waals surface area (Å²) in [5.74, 6) is -0.0336. The van der Waals surface area contributed by atoms with Gasteiger partial charge in [-0.15, -0.1) is 0 Å². The highest BCUT2D eigenvalue weighted by molar-refractivity contribution is 5.82. The first-order valence-electron chi connectivity index (χ1n) is 13.2. The van der Waals surface area contributed by atoms with Crippen LogP contribution in [0.2, 0.25) is 0 Å². The van der Waals surface area contributed by atoms with Gasteiger partial charge in [0.25, 0.3) is 0 Å². The molecule has 2 aromatic rings. The number of rotatable bonds is 2. The summed E-state index contributed by atoms with van der Waals surface area (Å²) in [6.45, 7) is 2.06. The third-order valence-corrected chi connectivity index (χ3v) is 7.81. The highest BCUT2D eigenvalue weighted by Crippen LogP contribution is 2.29. The summed E-state index contributed by atoms with van der Waals surface area (Å²) in [5, 5.41) is 3.25. The lowest BCUT2D eigenvalue weighted by atomic mass is 9.93. The predicted octanol–water partition coefficient (Wildman–Crippen LogP) is 4.41. The van der Waals surface area contributed by atoms with E-state index in [1.165, 1.54) is 22.3 Å². The van der Waals surface area contributed by atoms with Crippen molar-refractivity contribution in [1.29, 1.82) is 0 Å². The molecule has 2 aromatic carbocycles. The third-order valence-electron chi connectivity index (χ3n) is 7.81. The van der Waals surface area contributed by atoms with Gasteiger partial charge in [-0.1, -0.05) is 55.0 Å². The van der Waals surface area contributed by atoms with Gasteiger partial charge in [-0.3, -0.25) is 4.79 Å². The Morgan fingerprint density at radius 2 is 1.89 bits per heavy atom. The lowest BCUT2D eigenvalue weighted by molar-refractivity contribution is -0.130. The molecule has 2 bridgehead atoms. The number of nitrogens with zero attached hydrogens (tertiary/aromatic N) is 2. The molecule has 3 atom stereocenters. The first kappa shape index (κ1) is 23.9. The van der Waals surface area contributed by atoms with E-state index in [4.69, 9.17) is 4.74 Å². The second-order valence-electron chi connectivity index (χ2n) is 10.2. The molecule has 2 saturated heterocycles. The Balaban J connectivity index is 1.45. The molecule has 3 aliphatic rings. The van der Waals surface area contributed by atoms with E-state index in [1.807, 2.05) is 16.8 Å². The molecule has 3 aliphatic heterocycles. The summed E-state index contributed by atoms with van der Waals surface area (Å²) in [5.41, 5.74) is 5.09. The lowest BCUT2D eigenvalue weighted by Crippen LogP contribution is -2.52. The second kappa shape index (κ2) is 10.8. The molecule has 6 nitrogen and oxygen atoms in total. The molecule has 1 N–H and O–H groups in total. The first-order valence-corrected chi connectivity index (χ1v) is 13.2. The fourth-order valence-corrected chi connectivity index (χ4v) is 5.86. The van der Waals surface area contributed by atoms with Crippen molar-refractivity contribution in [2.75, 3.05) is 26.7 Å². The van der Waals surface area contributed by atoms with Crippen molar-refractivity contribution in [3.05, 3.63) is 59.7 Å². The van der Waals surface area contributed by atoms with E-state index in [1.54, 1.807) is 0 Å². The average Bonchev–Trinajstić information content (AvgIpc) is 3.54. The van der Waals surface area contributed by atoms with Crippen LogP contribution in [-0.2, 0) is 22.4 Å². The monoisotopic (exact) mass is 475 g/mol. The topological polar surface area (TPSA) is 61.9 Å². The number of hydrogen-bond acceptors (Lipinski definition) is 3. The Morgan fingerprint density at radius 1 is 1.00 bits per heavy atom. The van der Waals surface area contributed by atoms with Crippen LogP contribution in [0.4, 0.5) is 4.79 Å². The smallest absolute Gasteiger partial charge is 0.320 e. The minimum Gasteiger partial charge on any atom is -0.368 e. The Kier molecular flexibility index (Phi) is 7.37. The summed E-state index contributed by atoms with van der Waals surface area (Å²) < 4.78 is 5.62. The quantitative estimate of drug-likeness (QED) is 0.700. The van der Waals surface area contributed by atoms with E-state index >= 15 is 0 Å². The molecule has 2 fully saturated rings. The summed E-state index contributed by atoms with van der Waals surface area (Å²) in [4.78, 5) is 30.2. The highest BCUT2D eigenvalue weighted by Gasteiger charge is 2.40. The highest BCUT2D eigenvalue weighted by atomic mass is 16.5. The van der Waals surface area contributed by atoms with Crippen LogP contribution in [0.25, 0.3) is 11.1 Å². The molecular formula is C29H37N3O3. The number of amides is 3. The number of ether oxygens (including phenoxy) is 1. The van der Waals surface area contributed by atoms with Crippen molar-refractivity contribution in [2.24, 2.45) is 0 Å². The van der Waals surface area contributed by atoms with Crippen molar-refractivity contribution in [1.82, 2.24) is 15.1 Å². The number of hydrogen-bond donors (Lipinski definition) is 1. The molecule has 0 aromatic heterocycles. The van der Waals surface area contributed by atoms with Gasteiger partial charge < -0.3 is 19.9 Å². The van der Waals surface area contributed by atoms with Crippen molar-refractivity contribution >= 4 is 11.9 Å². The summed E-state index contributed by atoms with van der Waals surface area (Å²) in [7, 11) is 1.91. The first-order chi connectivity index (χ1) is 17.1. The molecule has 35 heavy (non-hydrogen) atoms. The van der Waals surface area contributed by atoms with E-state index < -0.39 is 0 Å². The number of fused-ring (bicyclic) bond motifs is 5. The minimum absolute atomic E-state index is 0.0336. The van der Waals surface area contributed by atoms with Crippen LogP contribution < -0.4 is 5.32 Å². The molecule has 0 aliphatic carbocycles. The molecule has 186 valence electrons. The van der Waals surface area contributed by atoms with Gasteiger partial charge in [0.1, 0.15) is 6.10 Å². The van der Waals surface area contributed by atoms with Crippen LogP contribution in [0, 0.1) is 0 Å². The van der Waals surface area contributed by atoms with Gasteiger partial charge in [0.15, 0.2) is 0 Å². The normalized spacial score (nSPS) is 25.4. The molecule has 3 heterocycles. The average molecular weight is 476 g/mol. The molecular weight excluding hydrogens is 438 g/mol. The SMILES string of the molecule is CN1CCCCCc2ccccc2-c2cccc(c2)CC2C(NC(=O)C3CCCO3)CCN2C1=O. The van der Waals surface area contributed by atoms with Gasteiger partial charge in [0.05, 0.1) is 12.1 Å². The minimum atomic E-state index is -0.357. The van der Waals surface area contributed by atoms with Gasteiger partial charge in [0.2, 0.25) is 5.91 Å². The molecule has 5 rings (SSSR count). The van der Waals surface area contributed by atoms with Crippen molar-refractivity contribution in [3.63, 3.8) is 0 Å². The molecule has 0 spiro atoms. The predicted molar refractivity (Wildman–Crippen MR) is 137 cm³/mol. The number of nitrogens with one attached hydrogen (secondary N) is 1. The summed E-state index contributed by atoms with van der Waals surface area (Å²) >= 11 is 0. The largest absolute Gasteiger partial charge is 0.368 e. The Bertz CT molecular complexity index is 1050. The van der Waals surface area contributed by atoms with Gasteiger partial charge in [-0.05, 0) is 67.2 Å². The lowest BCUT2D eigenvalue weighted by Gasteiger charge is -2.32. The zero-order chi connectivity index (χ0) is 24.2. The fourth-order valence-electron chi connectivity index (χ4n) is 5.86. The van der Waals surface area contributed by atoms with Crippen molar-refractivity contribution in [3.8, 4) is 11.1 Å². The van der Waals surface area contributed by atoms with Crippen LogP contribution in [0.3, 0.4) is 0 Å². The van der Waals surface area contributed by atoms with E-state index in [0.717, 1.165) is 51.5 Å². The number of carbonyl (C=O) groups is 2. The Labute approximate surface area is 208 Å². The van der Waals surface area contributed by atoms with E-state index in [0.29, 0.717) is 19.6 Å². The maximum absolute atomic E-state index is 13.5. The Morgan fingerprint density at radius 3 is 2.74 bits per heavy atom. The van der Waals surface area contributed by atoms with E-state index in [-0.39, 0.29) is 30.1 Å². The van der Waals surface area contributed by atoms with Crippen molar-refractivity contribution in [2.45, 2.75) is 69.6 Å². The third kappa shape index (κ3) is 5.37. The van der Waals surface area contributed by atoms with Crippen LogP contribution in [-0.4, -0.2) is 66.7 Å². The molecule has 3 unspecified atom stereocenters.